The second kappa shape index (κ2) is 5.52. The third kappa shape index (κ3) is 2.99. The van der Waals surface area contributed by atoms with Crippen molar-refractivity contribution in [2.24, 2.45) is 0 Å². The summed E-state index contributed by atoms with van der Waals surface area (Å²) < 4.78 is 0.868. The number of nitrogens with zero attached hydrogens (tertiary/aromatic N) is 2. The van der Waals surface area contributed by atoms with Crippen LogP contribution in [0, 0.1) is 11.3 Å². The first-order valence-electron chi connectivity index (χ1n) is 5.26. The van der Waals surface area contributed by atoms with Crippen molar-refractivity contribution in [2.75, 3.05) is 5.32 Å². The van der Waals surface area contributed by atoms with Gasteiger partial charge in [0.25, 0.3) is 0 Å². The summed E-state index contributed by atoms with van der Waals surface area (Å²) in [6.07, 6.45) is 1.39. The molecule has 0 aliphatic carbocycles. The lowest BCUT2D eigenvalue weighted by Gasteiger charge is -2.08. The number of pyridine rings is 1. The van der Waals surface area contributed by atoms with E-state index in [1.165, 1.54) is 6.20 Å². The van der Waals surface area contributed by atoms with E-state index < -0.39 is 0 Å². The Bertz CT molecular complexity index is 590. The van der Waals surface area contributed by atoms with Gasteiger partial charge < -0.3 is 10.4 Å². The number of rotatable bonds is 3. The third-order valence-corrected chi connectivity index (χ3v) is 2.86. The number of hydrogen-bond acceptors (Lipinski definition) is 4. The van der Waals surface area contributed by atoms with Gasteiger partial charge in [0.05, 0.1) is 29.7 Å². The van der Waals surface area contributed by atoms with Gasteiger partial charge in [-0.05, 0) is 30.3 Å². The third-order valence-electron chi connectivity index (χ3n) is 2.37. The van der Waals surface area contributed by atoms with Gasteiger partial charge in [-0.3, -0.25) is 4.98 Å². The van der Waals surface area contributed by atoms with Crippen LogP contribution in [0.4, 0.5) is 5.69 Å². The SMILES string of the molecule is N#Cc1cc(Br)ccc1NCc1ccc(O)cn1. The van der Waals surface area contributed by atoms with Gasteiger partial charge in [-0.1, -0.05) is 15.9 Å². The van der Waals surface area contributed by atoms with Crippen molar-refractivity contribution in [3.05, 3.63) is 52.3 Å². The van der Waals surface area contributed by atoms with Gasteiger partial charge >= 0.3 is 0 Å². The Morgan fingerprint density at radius 1 is 1.33 bits per heavy atom. The molecule has 0 saturated carbocycles. The fourth-order valence-electron chi connectivity index (χ4n) is 1.47. The van der Waals surface area contributed by atoms with Gasteiger partial charge in [0, 0.05) is 4.47 Å². The molecule has 1 aromatic carbocycles. The summed E-state index contributed by atoms with van der Waals surface area (Å²) in [5.41, 5.74) is 2.12. The van der Waals surface area contributed by atoms with Crippen molar-refractivity contribution in [1.82, 2.24) is 4.98 Å². The Morgan fingerprint density at radius 2 is 2.17 bits per heavy atom. The molecule has 1 heterocycles. The topological polar surface area (TPSA) is 68.9 Å². The molecule has 2 N–H and O–H groups in total. The van der Waals surface area contributed by atoms with Crippen LogP contribution in [0.15, 0.2) is 41.0 Å². The largest absolute Gasteiger partial charge is 0.506 e. The quantitative estimate of drug-likeness (QED) is 0.914. The first-order valence-corrected chi connectivity index (χ1v) is 6.06. The van der Waals surface area contributed by atoms with Crippen LogP contribution in [0.2, 0.25) is 0 Å². The Hall–Kier alpha value is -2.06. The molecule has 0 saturated heterocycles. The molecule has 2 aromatic rings. The Kier molecular flexibility index (Phi) is 3.80. The zero-order chi connectivity index (χ0) is 13.0. The maximum atomic E-state index is 9.12. The number of aromatic hydroxyl groups is 1. The van der Waals surface area contributed by atoms with Crippen LogP contribution in [0.25, 0.3) is 0 Å². The monoisotopic (exact) mass is 303 g/mol. The predicted molar refractivity (Wildman–Crippen MR) is 72.1 cm³/mol. The summed E-state index contributed by atoms with van der Waals surface area (Å²) in [5.74, 6) is 0.139. The number of hydrogen-bond donors (Lipinski definition) is 2. The van der Waals surface area contributed by atoms with E-state index in [2.05, 4.69) is 32.3 Å². The molecule has 0 fully saturated rings. The number of anilines is 1. The van der Waals surface area contributed by atoms with Crippen molar-refractivity contribution < 1.29 is 5.11 Å². The summed E-state index contributed by atoms with van der Waals surface area (Å²) >= 11 is 3.32. The molecule has 2 rings (SSSR count). The number of halogens is 1. The maximum absolute atomic E-state index is 9.12. The predicted octanol–water partition coefficient (Wildman–Crippen LogP) is 3.03. The highest BCUT2D eigenvalue weighted by Crippen LogP contribution is 2.20. The van der Waals surface area contributed by atoms with Crippen LogP contribution in [0.5, 0.6) is 5.75 Å². The van der Waals surface area contributed by atoms with Gasteiger partial charge in [-0.25, -0.2) is 0 Å². The lowest BCUT2D eigenvalue weighted by Crippen LogP contribution is -2.02. The number of aromatic nitrogens is 1. The first kappa shape index (κ1) is 12.4. The molecule has 5 heteroatoms. The number of nitriles is 1. The van der Waals surface area contributed by atoms with E-state index in [4.69, 9.17) is 10.4 Å². The lowest BCUT2D eigenvalue weighted by atomic mass is 10.2. The molecule has 0 radical (unpaired) electrons. The highest BCUT2D eigenvalue weighted by atomic mass is 79.9. The fraction of sp³-hybridized carbons (Fsp3) is 0.0769. The molecule has 0 aliphatic heterocycles. The molecule has 90 valence electrons. The van der Waals surface area contributed by atoms with E-state index in [0.717, 1.165) is 15.9 Å². The van der Waals surface area contributed by atoms with Gasteiger partial charge in [0.1, 0.15) is 11.8 Å². The highest BCUT2D eigenvalue weighted by Gasteiger charge is 2.03. The molecular weight excluding hydrogens is 294 g/mol. The zero-order valence-corrected chi connectivity index (χ0v) is 11.0. The van der Waals surface area contributed by atoms with E-state index in [1.807, 2.05) is 12.1 Å². The lowest BCUT2D eigenvalue weighted by molar-refractivity contribution is 0.472. The summed E-state index contributed by atoms with van der Waals surface area (Å²) in [7, 11) is 0. The summed E-state index contributed by atoms with van der Waals surface area (Å²) in [4.78, 5) is 4.06. The molecule has 4 nitrogen and oxygen atoms in total. The van der Waals surface area contributed by atoms with Crippen LogP contribution in [-0.2, 0) is 6.54 Å². The first-order chi connectivity index (χ1) is 8.69. The minimum Gasteiger partial charge on any atom is -0.506 e. The van der Waals surface area contributed by atoms with Crippen molar-refractivity contribution in [2.45, 2.75) is 6.54 Å². The van der Waals surface area contributed by atoms with Crippen molar-refractivity contribution in [3.63, 3.8) is 0 Å². The van der Waals surface area contributed by atoms with Gasteiger partial charge in [-0.15, -0.1) is 0 Å². The second-order valence-electron chi connectivity index (χ2n) is 3.66. The summed E-state index contributed by atoms with van der Waals surface area (Å²) in [5, 5.41) is 21.3. The average Bonchev–Trinajstić information content (AvgIpc) is 2.39. The molecule has 0 atom stereocenters. The van der Waals surface area contributed by atoms with Gasteiger partial charge in [-0.2, -0.15) is 5.26 Å². The Morgan fingerprint density at radius 3 is 2.83 bits per heavy atom. The van der Waals surface area contributed by atoms with Crippen molar-refractivity contribution in [1.29, 1.82) is 5.26 Å². The average molecular weight is 304 g/mol. The van der Waals surface area contributed by atoms with E-state index in [1.54, 1.807) is 18.2 Å². The van der Waals surface area contributed by atoms with E-state index in [0.29, 0.717) is 12.1 Å². The van der Waals surface area contributed by atoms with E-state index in [9.17, 15) is 0 Å². The highest BCUT2D eigenvalue weighted by molar-refractivity contribution is 9.10. The Balaban J connectivity index is 2.11. The van der Waals surface area contributed by atoms with E-state index >= 15 is 0 Å². The summed E-state index contributed by atoms with van der Waals surface area (Å²) in [6.45, 7) is 0.497. The molecule has 0 bridgehead atoms. The normalized spacial score (nSPS) is 9.78. The minimum absolute atomic E-state index is 0.139. The minimum atomic E-state index is 0.139. The smallest absolute Gasteiger partial charge is 0.133 e. The van der Waals surface area contributed by atoms with Crippen molar-refractivity contribution in [3.8, 4) is 11.8 Å². The van der Waals surface area contributed by atoms with Crippen LogP contribution in [0.1, 0.15) is 11.3 Å². The molecule has 0 amide bonds. The van der Waals surface area contributed by atoms with Crippen LogP contribution >= 0.6 is 15.9 Å². The number of nitrogens with one attached hydrogen (secondary N) is 1. The second-order valence-corrected chi connectivity index (χ2v) is 4.58. The molecule has 18 heavy (non-hydrogen) atoms. The van der Waals surface area contributed by atoms with E-state index in [-0.39, 0.29) is 5.75 Å². The zero-order valence-electron chi connectivity index (χ0n) is 9.39. The van der Waals surface area contributed by atoms with Crippen molar-refractivity contribution >= 4 is 21.6 Å². The van der Waals surface area contributed by atoms with Gasteiger partial charge in [0.2, 0.25) is 0 Å². The van der Waals surface area contributed by atoms with Crippen LogP contribution in [0.3, 0.4) is 0 Å². The number of benzene rings is 1. The molecule has 0 aliphatic rings. The summed E-state index contributed by atoms with van der Waals surface area (Å²) in [6, 6.07) is 10.9. The Labute approximate surface area is 113 Å². The standard InChI is InChI=1S/C13H10BrN3O/c14-10-1-4-13(9(5-10)6-15)17-7-11-2-3-12(18)8-16-11/h1-5,8,17-18H,7H2. The van der Waals surface area contributed by atoms with Gasteiger partial charge in [0.15, 0.2) is 0 Å². The van der Waals surface area contributed by atoms with Crippen LogP contribution < -0.4 is 5.32 Å². The molecule has 1 aromatic heterocycles. The molecule has 0 spiro atoms. The van der Waals surface area contributed by atoms with Crippen LogP contribution in [-0.4, -0.2) is 10.1 Å². The fourth-order valence-corrected chi connectivity index (χ4v) is 1.83. The molecular formula is C13H10BrN3O. The maximum Gasteiger partial charge on any atom is 0.133 e. The molecule has 0 unspecified atom stereocenters.